The van der Waals surface area contributed by atoms with Gasteiger partial charge in [0.2, 0.25) is 0 Å². The third kappa shape index (κ3) is 4.19. The van der Waals surface area contributed by atoms with E-state index in [1.165, 1.54) is 0 Å². The van der Waals surface area contributed by atoms with Gasteiger partial charge >= 0.3 is 6.03 Å². The summed E-state index contributed by atoms with van der Waals surface area (Å²) < 4.78 is 5.91. The average molecular weight is 349 g/mol. The molecule has 26 heavy (non-hydrogen) atoms. The number of benzene rings is 2. The van der Waals surface area contributed by atoms with Crippen LogP contribution >= 0.6 is 0 Å². The van der Waals surface area contributed by atoms with Crippen molar-refractivity contribution in [3.63, 3.8) is 0 Å². The number of anilines is 1. The summed E-state index contributed by atoms with van der Waals surface area (Å²) in [5.74, 6) is -0.0634. The second kappa shape index (κ2) is 8.17. The largest absolute Gasteiger partial charge is 0.489 e. The van der Waals surface area contributed by atoms with Crippen LogP contribution in [0, 0.1) is 11.3 Å². The van der Waals surface area contributed by atoms with Gasteiger partial charge < -0.3 is 10.1 Å². The third-order valence-electron chi connectivity index (χ3n) is 4.25. The van der Waals surface area contributed by atoms with Crippen LogP contribution in [0.2, 0.25) is 0 Å². The highest BCUT2D eigenvalue weighted by atomic mass is 16.5. The first-order valence-corrected chi connectivity index (χ1v) is 8.54. The molecule has 1 aliphatic carbocycles. The summed E-state index contributed by atoms with van der Waals surface area (Å²) in [6.07, 6.45) is 4.28. The molecular formula is C20H19N3O3. The van der Waals surface area contributed by atoms with Gasteiger partial charge in [0, 0.05) is 5.56 Å². The molecule has 0 bridgehead atoms. The minimum Gasteiger partial charge on any atom is -0.489 e. The molecule has 2 N–H and O–H groups in total. The summed E-state index contributed by atoms with van der Waals surface area (Å²) >= 11 is 0. The first-order valence-electron chi connectivity index (χ1n) is 8.54. The fourth-order valence-corrected chi connectivity index (χ4v) is 2.95. The lowest BCUT2D eigenvalue weighted by atomic mass is 10.1. The van der Waals surface area contributed by atoms with E-state index >= 15 is 0 Å². The number of amides is 3. The first-order chi connectivity index (χ1) is 12.7. The zero-order chi connectivity index (χ0) is 18.4. The van der Waals surface area contributed by atoms with Gasteiger partial charge in [-0.05, 0) is 49.9 Å². The molecule has 6 heteroatoms. The Balaban J connectivity index is 1.69. The zero-order valence-corrected chi connectivity index (χ0v) is 14.2. The van der Waals surface area contributed by atoms with Gasteiger partial charge in [-0.3, -0.25) is 10.1 Å². The van der Waals surface area contributed by atoms with Crippen LogP contribution in [0.4, 0.5) is 10.5 Å². The molecule has 0 atom stereocenters. The van der Waals surface area contributed by atoms with E-state index in [-0.39, 0.29) is 11.7 Å². The van der Waals surface area contributed by atoms with Crippen molar-refractivity contribution in [1.82, 2.24) is 5.32 Å². The highest BCUT2D eigenvalue weighted by Crippen LogP contribution is 2.30. The Hall–Kier alpha value is -3.33. The molecule has 0 unspecified atom stereocenters. The van der Waals surface area contributed by atoms with Gasteiger partial charge in [-0.2, -0.15) is 5.26 Å². The van der Waals surface area contributed by atoms with Crippen LogP contribution in [-0.2, 0) is 0 Å². The maximum atomic E-state index is 12.1. The van der Waals surface area contributed by atoms with E-state index in [1.54, 1.807) is 48.5 Å². The van der Waals surface area contributed by atoms with Gasteiger partial charge in [-0.15, -0.1) is 0 Å². The summed E-state index contributed by atoms with van der Waals surface area (Å²) in [5.41, 5.74) is 0.935. The minimum atomic E-state index is -0.701. The molecule has 6 nitrogen and oxygen atoms in total. The minimum absolute atomic E-state index is 0.103. The van der Waals surface area contributed by atoms with Crippen molar-refractivity contribution >= 4 is 17.6 Å². The lowest BCUT2D eigenvalue weighted by molar-refractivity contribution is 0.0967. The van der Waals surface area contributed by atoms with E-state index in [9.17, 15) is 14.9 Å². The lowest BCUT2D eigenvalue weighted by Gasteiger charge is -2.16. The quantitative estimate of drug-likeness (QED) is 0.877. The molecule has 1 aliphatic rings. The molecule has 0 saturated heterocycles. The molecule has 0 heterocycles. The van der Waals surface area contributed by atoms with Crippen molar-refractivity contribution in [3.05, 3.63) is 59.7 Å². The van der Waals surface area contributed by atoms with Crippen molar-refractivity contribution < 1.29 is 14.3 Å². The van der Waals surface area contributed by atoms with Crippen LogP contribution in [0.1, 0.15) is 41.6 Å². The van der Waals surface area contributed by atoms with Gasteiger partial charge in [0.05, 0.1) is 11.8 Å². The summed E-state index contributed by atoms with van der Waals surface area (Å²) in [6, 6.07) is 14.8. The van der Waals surface area contributed by atoms with E-state index in [1.807, 2.05) is 0 Å². The predicted octanol–water partition coefficient (Wildman–Crippen LogP) is 3.84. The van der Waals surface area contributed by atoms with Crippen molar-refractivity contribution in [1.29, 1.82) is 5.26 Å². The summed E-state index contributed by atoms with van der Waals surface area (Å²) in [5, 5.41) is 14.3. The first kappa shape index (κ1) is 17.5. The van der Waals surface area contributed by atoms with Crippen LogP contribution < -0.4 is 15.4 Å². The maximum Gasteiger partial charge on any atom is 0.326 e. The molecule has 0 aromatic heterocycles. The van der Waals surface area contributed by atoms with Crippen molar-refractivity contribution in [3.8, 4) is 11.8 Å². The number of rotatable bonds is 4. The molecule has 0 radical (unpaired) electrons. The molecular weight excluding hydrogens is 330 g/mol. The zero-order valence-electron chi connectivity index (χ0n) is 14.2. The molecule has 132 valence electrons. The number of hydrogen-bond donors (Lipinski definition) is 2. The number of nitrogens with one attached hydrogen (secondary N) is 2. The summed E-state index contributed by atoms with van der Waals surface area (Å²) in [4.78, 5) is 24.2. The Morgan fingerprint density at radius 3 is 2.46 bits per heavy atom. The Morgan fingerprint density at radius 1 is 1.04 bits per heavy atom. The van der Waals surface area contributed by atoms with Crippen LogP contribution in [0.3, 0.4) is 0 Å². The number of imide groups is 1. The average Bonchev–Trinajstić information content (AvgIpc) is 3.15. The summed E-state index contributed by atoms with van der Waals surface area (Å²) in [7, 11) is 0. The number of urea groups is 1. The normalized spacial score (nSPS) is 13.7. The van der Waals surface area contributed by atoms with E-state index in [0.717, 1.165) is 25.7 Å². The highest BCUT2D eigenvalue weighted by Gasteiger charge is 2.20. The topological polar surface area (TPSA) is 91.2 Å². The summed E-state index contributed by atoms with van der Waals surface area (Å²) in [6.45, 7) is 0. The smallest absolute Gasteiger partial charge is 0.326 e. The number of ether oxygens (including phenoxy) is 1. The fourth-order valence-electron chi connectivity index (χ4n) is 2.95. The van der Waals surface area contributed by atoms with E-state index < -0.39 is 11.9 Å². The van der Waals surface area contributed by atoms with Gasteiger partial charge in [0.1, 0.15) is 17.4 Å². The number of carbonyl (C=O) groups is 2. The van der Waals surface area contributed by atoms with Gasteiger partial charge in [0.25, 0.3) is 5.91 Å². The molecule has 3 rings (SSSR count). The highest BCUT2D eigenvalue weighted by molar-refractivity contribution is 6.08. The molecule has 0 spiro atoms. The van der Waals surface area contributed by atoms with Gasteiger partial charge in [-0.1, -0.05) is 24.3 Å². The monoisotopic (exact) mass is 349 g/mol. The number of carbonyl (C=O) groups excluding carboxylic acids is 2. The fraction of sp³-hybridized carbons (Fsp3) is 0.250. The molecule has 1 saturated carbocycles. The van der Waals surface area contributed by atoms with Crippen LogP contribution in [0.5, 0.6) is 5.75 Å². The SMILES string of the molecule is N#Cc1c(NC(=O)NC(=O)c2ccccc2)cccc1OC1CCCC1. The van der Waals surface area contributed by atoms with Crippen molar-refractivity contribution in [2.45, 2.75) is 31.8 Å². The number of nitrogens with zero attached hydrogens (tertiary/aromatic N) is 1. The van der Waals surface area contributed by atoms with Gasteiger partial charge in [0.15, 0.2) is 0 Å². The van der Waals surface area contributed by atoms with Crippen molar-refractivity contribution in [2.24, 2.45) is 0 Å². The van der Waals surface area contributed by atoms with Crippen LogP contribution in [0.25, 0.3) is 0 Å². The standard InChI is InChI=1S/C20H19N3O3/c21-13-16-17(11-6-12-18(16)26-15-9-4-5-10-15)22-20(25)23-19(24)14-7-2-1-3-8-14/h1-3,6-8,11-12,15H,4-5,9-10H2,(H2,22,23,24,25). The number of nitriles is 1. The Kier molecular flexibility index (Phi) is 5.49. The number of hydrogen-bond acceptors (Lipinski definition) is 4. The van der Waals surface area contributed by atoms with Gasteiger partial charge in [-0.25, -0.2) is 4.79 Å². The third-order valence-corrected chi connectivity index (χ3v) is 4.25. The Labute approximate surface area is 151 Å². The molecule has 1 fully saturated rings. The molecule has 2 aromatic rings. The van der Waals surface area contributed by atoms with E-state index in [4.69, 9.17) is 4.74 Å². The molecule has 3 amide bonds. The molecule has 0 aliphatic heterocycles. The second-order valence-corrected chi connectivity index (χ2v) is 6.09. The van der Waals surface area contributed by atoms with Crippen molar-refractivity contribution in [2.75, 3.05) is 5.32 Å². The van der Waals surface area contributed by atoms with Crippen LogP contribution in [0.15, 0.2) is 48.5 Å². The maximum absolute atomic E-state index is 12.1. The predicted molar refractivity (Wildman–Crippen MR) is 97.0 cm³/mol. The van der Waals surface area contributed by atoms with Crippen LogP contribution in [-0.4, -0.2) is 18.0 Å². The Bertz CT molecular complexity index is 837. The lowest BCUT2D eigenvalue weighted by Crippen LogP contribution is -2.34. The van der Waals surface area contributed by atoms with E-state index in [2.05, 4.69) is 16.7 Å². The second-order valence-electron chi connectivity index (χ2n) is 6.09. The van der Waals surface area contributed by atoms with E-state index in [0.29, 0.717) is 17.0 Å². The Morgan fingerprint density at radius 2 is 1.77 bits per heavy atom. The molecule has 2 aromatic carbocycles.